The van der Waals surface area contributed by atoms with Crippen molar-refractivity contribution < 1.29 is 24.2 Å². The highest BCUT2D eigenvalue weighted by Crippen LogP contribution is 2.30. The minimum absolute atomic E-state index is 0.0860. The summed E-state index contributed by atoms with van der Waals surface area (Å²) in [6, 6.07) is 7.22. The first kappa shape index (κ1) is 19.7. The van der Waals surface area contributed by atoms with E-state index >= 15 is 0 Å². The molecule has 6 nitrogen and oxygen atoms in total. The van der Waals surface area contributed by atoms with Crippen LogP contribution in [0.1, 0.15) is 55.5 Å². The number of aliphatic hydroxyl groups is 1. The normalized spacial score (nSPS) is 28.3. The molecule has 2 aliphatic rings. The van der Waals surface area contributed by atoms with Crippen molar-refractivity contribution in [3.8, 4) is 0 Å². The van der Waals surface area contributed by atoms with Crippen LogP contribution in [-0.2, 0) is 20.7 Å². The standard InChI is InChI=1S/C21H27NO5/c1-13(20-10-15-6-3-4-8-17(15)21(25)27-20)18(24)11-16-7-5-9-19(26-16)14(2)22-12-23/h3-4,6,8,13-14,16,18-20,24H,5,7,9-11H2,1-2H3. The topological polar surface area (TPSA) is 85.2 Å². The van der Waals surface area contributed by atoms with Crippen molar-refractivity contribution in [2.24, 2.45) is 10.9 Å². The lowest BCUT2D eigenvalue weighted by Gasteiger charge is -2.36. The summed E-state index contributed by atoms with van der Waals surface area (Å²) in [4.78, 5) is 26.4. The zero-order valence-electron chi connectivity index (χ0n) is 15.8. The van der Waals surface area contributed by atoms with Crippen LogP contribution in [-0.4, -0.2) is 47.6 Å². The monoisotopic (exact) mass is 373 g/mol. The molecule has 1 aromatic carbocycles. The van der Waals surface area contributed by atoms with Crippen molar-refractivity contribution in [3.05, 3.63) is 35.4 Å². The number of aliphatic imine (C=N–C) groups is 1. The van der Waals surface area contributed by atoms with Crippen molar-refractivity contribution in [2.45, 2.75) is 76.4 Å². The Morgan fingerprint density at radius 2 is 2.04 bits per heavy atom. The van der Waals surface area contributed by atoms with E-state index in [4.69, 9.17) is 9.47 Å². The van der Waals surface area contributed by atoms with Crippen LogP contribution in [0.5, 0.6) is 0 Å². The number of rotatable bonds is 6. The Morgan fingerprint density at radius 3 is 2.81 bits per heavy atom. The molecule has 0 aromatic heterocycles. The summed E-state index contributed by atoms with van der Waals surface area (Å²) in [6.45, 7) is 3.76. The highest BCUT2D eigenvalue weighted by molar-refractivity contribution is 5.92. The van der Waals surface area contributed by atoms with E-state index in [2.05, 4.69) is 4.99 Å². The third kappa shape index (κ3) is 4.64. The number of carbonyl (C=O) groups excluding carboxylic acids is 2. The number of hydrogen-bond acceptors (Lipinski definition) is 6. The second kappa shape index (κ2) is 8.79. The van der Waals surface area contributed by atoms with Gasteiger partial charge in [0.1, 0.15) is 6.10 Å². The Morgan fingerprint density at radius 1 is 1.26 bits per heavy atom. The largest absolute Gasteiger partial charge is 0.458 e. The molecule has 6 unspecified atom stereocenters. The fraction of sp³-hybridized carbons (Fsp3) is 0.619. The summed E-state index contributed by atoms with van der Waals surface area (Å²) in [5.41, 5.74) is 1.57. The SMILES string of the molecule is CC(N=C=O)C1CCCC(CC(O)C(C)C2Cc3ccccc3C(=O)O2)O1. The highest BCUT2D eigenvalue weighted by Gasteiger charge is 2.35. The number of ether oxygens (including phenoxy) is 2. The fourth-order valence-electron chi connectivity index (χ4n) is 4.01. The van der Waals surface area contributed by atoms with Crippen LogP contribution in [0.4, 0.5) is 0 Å². The Balaban J connectivity index is 1.58. The zero-order chi connectivity index (χ0) is 19.4. The number of hydrogen-bond donors (Lipinski definition) is 1. The van der Waals surface area contributed by atoms with Crippen LogP contribution < -0.4 is 0 Å². The minimum atomic E-state index is -0.637. The first-order valence-corrected chi connectivity index (χ1v) is 9.69. The molecule has 0 amide bonds. The molecule has 2 aliphatic heterocycles. The van der Waals surface area contributed by atoms with Gasteiger partial charge in [-0.05, 0) is 44.2 Å². The molecule has 146 valence electrons. The maximum Gasteiger partial charge on any atom is 0.338 e. The highest BCUT2D eigenvalue weighted by atomic mass is 16.5. The molecule has 0 radical (unpaired) electrons. The molecular weight excluding hydrogens is 346 g/mol. The van der Waals surface area contributed by atoms with Gasteiger partial charge in [-0.2, -0.15) is 0 Å². The van der Waals surface area contributed by atoms with Crippen molar-refractivity contribution in [3.63, 3.8) is 0 Å². The maximum atomic E-state index is 12.2. The van der Waals surface area contributed by atoms with Gasteiger partial charge < -0.3 is 14.6 Å². The summed E-state index contributed by atoms with van der Waals surface area (Å²) in [6.07, 6.45) is 4.18. The number of nitrogens with zero attached hydrogens (tertiary/aromatic N) is 1. The lowest BCUT2D eigenvalue weighted by molar-refractivity contribution is -0.0894. The number of carbonyl (C=O) groups is 1. The van der Waals surface area contributed by atoms with Crippen LogP contribution in [0, 0.1) is 5.92 Å². The van der Waals surface area contributed by atoms with Crippen LogP contribution >= 0.6 is 0 Å². The molecule has 1 aromatic rings. The Labute approximate surface area is 159 Å². The van der Waals surface area contributed by atoms with Gasteiger partial charge in [-0.15, -0.1) is 0 Å². The van der Waals surface area contributed by atoms with Gasteiger partial charge in [-0.1, -0.05) is 25.1 Å². The van der Waals surface area contributed by atoms with Gasteiger partial charge in [0, 0.05) is 12.3 Å². The van der Waals surface area contributed by atoms with Crippen LogP contribution in [0.2, 0.25) is 0 Å². The average Bonchev–Trinajstić information content (AvgIpc) is 2.67. The molecule has 1 N–H and O–H groups in total. The third-order valence-corrected chi connectivity index (χ3v) is 5.79. The summed E-state index contributed by atoms with van der Waals surface area (Å²) in [5, 5.41) is 10.7. The van der Waals surface area contributed by atoms with Crippen LogP contribution in [0.3, 0.4) is 0 Å². The van der Waals surface area contributed by atoms with Crippen LogP contribution in [0.25, 0.3) is 0 Å². The maximum absolute atomic E-state index is 12.2. The molecule has 0 saturated carbocycles. The van der Waals surface area contributed by atoms with Crippen LogP contribution in [0.15, 0.2) is 29.3 Å². The molecule has 0 bridgehead atoms. The van der Waals surface area contributed by atoms with E-state index in [9.17, 15) is 14.7 Å². The first-order chi connectivity index (χ1) is 13.0. The lowest BCUT2D eigenvalue weighted by Crippen LogP contribution is -2.41. The summed E-state index contributed by atoms with van der Waals surface area (Å²) < 4.78 is 11.6. The molecule has 0 aliphatic carbocycles. The van der Waals surface area contributed by atoms with E-state index in [0.29, 0.717) is 18.4 Å². The van der Waals surface area contributed by atoms with Gasteiger partial charge in [0.05, 0.1) is 29.9 Å². The van der Waals surface area contributed by atoms with Gasteiger partial charge in [0.15, 0.2) is 0 Å². The Kier molecular flexibility index (Phi) is 6.42. The second-order valence-electron chi connectivity index (χ2n) is 7.66. The smallest absolute Gasteiger partial charge is 0.338 e. The van der Waals surface area contributed by atoms with E-state index in [0.717, 1.165) is 24.8 Å². The van der Waals surface area contributed by atoms with Gasteiger partial charge in [0.2, 0.25) is 6.08 Å². The Hall–Kier alpha value is -2.01. The number of esters is 1. The zero-order valence-corrected chi connectivity index (χ0v) is 15.8. The number of aliphatic hydroxyl groups excluding tert-OH is 1. The summed E-state index contributed by atoms with van der Waals surface area (Å²) in [5.74, 6) is -0.521. The van der Waals surface area contributed by atoms with Crippen molar-refractivity contribution in [1.29, 1.82) is 0 Å². The minimum Gasteiger partial charge on any atom is -0.458 e. The molecule has 6 atom stereocenters. The number of fused-ring (bicyclic) bond motifs is 1. The predicted molar refractivity (Wildman–Crippen MR) is 99.2 cm³/mol. The molecule has 3 rings (SSSR count). The molecule has 6 heteroatoms. The van der Waals surface area contributed by atoms with E-state index in [-0.39, 0.29) is 36.2 Å². The third-order valence-electron chi connectivity index (χ3n) is 5.79. The quantitative estimate of drug-likeness (QED) is 0.471. The number of cyclic esters (lactones) is 1. The summed E-state index contributed by atoms with van der Waals surface area (Å²) >= 11 is 0. The molecule has 2 heterocycles. The van der Waals surface area contributed by atoms with Gasteiger partial charge in [-0.3, -0.25) is 0 Å². The van der Waals surface area contributed by atoms with E-state index in [1.807, 2.05) is 32.0 Å². The van der Waals surface area contributed by atoms with E-state index < -0.39 is 6.10 Å². The second-order valence-corrected chi connectivity index (χ2v) is 7.66. The van der Waals surface area contributed by atoms with Crippen molar-refractivity contribution in [1.82, 2.24) is 0 Å². The molecular formula is C21H27NO5. The summed E-state index contributed by atoms with van der Waals surface area (Å²) in [7, 11) is 0. The predicted octanol–water partition coefficient (Wildman–Crippen LogP) is 2.82. The van der Waals surface area contributed by atoms with E-state index in [1.165, 1.54) is 0 Å². The van der Waals surface area contributed by atoms with E-state index in [1.54, 1.807) is 12.1 Å². The van der Waals surface area contributed by atoms with Gasteiger partial charge in [-0.25, -0.2) is 14.6 Å². The van der Waals surface area contributed by atoms with Gasteiger partial charge in [0.25, 0.3) is 0 Å². The average molecular weight is 373 g/mol. The first-order valence-electron chi connectivity index (χ1n) is 9.69. The molecule has 0 spiro atoms. The number of benzene rings is 1. The van der Waals surface area contributed by atoms with Gasteiger partial charge >= 0.3 is 5.97 Å². The molecule has 1 saturated heterocycles. The molecule has 1 fully saturated rings. The number of isocyanates is 1. The Bertz CT molecular complexity index is 714. The molecule has 27 heavy (non-hydrogen) atoms. The lowest BCUT2D eigenvalue weighted by atomic mass is 9.86. The van der Waals surface area contributed by atoms with Crippen molar-refractivity contribution in [2.75, 3.05) is 0 Å². The fourth-order valence-corrected chi connectivity index (χ4v) is 4.01. The van der Waals surface area contributed by atoms with Crippen molar-refractivity contribution >= 4 is 12.0 Å².